The van der Waals surface area contributed by atoms with Crippen molar-refractivity contribution in [3.8, 4) is 0 Å². The molecule has 1 aliphatic carbocycles. The van der Waals surface area contributed by atoms with Crippen LogP contribution in [0.2, 0.25) is 0 Å². The lowest BCUT2D eigenvalue weighted by molar-refractivity contribution is -0.149. The van der Waals surface area contributed by atoms with Crippen LogP contribution >= 0.6 is 0 Å². The molecule has 7 heteroatoms. The summed E-state index contributed by atoms with van der Waals surface area (Å²) in [6, 6.07) is 0. The van der Waals surface area contributed by atoms with Crippen LogP contribution in [0.15, 0.2) is 6.20 Å². The predicted octanol–water partition coefficient (Wildman–Crippen LogP) is 3.66. The molecule has 24 heavy (non-hydrogen) atoms. The molecule has 5 nitrogen and oxygen atoms in total. The standard InChI is InChI=1S/C17H25F2N5/c1-12-13(2)21-24(14(12)3)10-15-9-23(22-20-15)11-16(4)7-5-6-8-17(16,18)19/h9H,5-8,10-11H2,1-4H3. The van der Waals surface area contributed by atoms with Crippen molar-refractivity contribution in [1.82, 2.24) is 24.8 Å². The van der Waals surface area contributed by atoms with Crippen molar-refractivity contribution < 1.29 is 8.78 Å². The van der Waals surface area contributed by atoms with E-state index in [4.69, 9.17) is 0 Å². The topological polar surface area (TPSA) is 48.5 Å². The molecule has 0 N–H and O–H groups in total. The van der Waals surface area contributed by atoms with E-state index in [1.165, 1.54) is 0 Å². The first kappa shape index (κ1) is 17.0. The van der Waals surface area contributed by atoms with Gasteiger partial charge in [0.25, 0.3) is 5.92 Å². The first-order chi connectivity index (χ1) is 11.2. The van der Waals surface area contributed by atoms with Gasteiger partial charge < -0.3 is 0 Å². The summed E-state index contributed by atoms with van der Waals surface area (Å²) >= 11 is 0. The molecule has 0 aromatic carbocycles. The molecule has 2 heterocycles. The van der Waals surface area contributed by atoms with Crippen LogP contribution in [-0.2, 0) is 13.1 Å². The van der Waals surface area contributed by atoms with Crippen LogP contribution in [0.25, 0.3) is 0 Å². The minimum atomic E-state index is -2.65. The van der Waals surface area contributed by atoms with Crippen LogP contribution in [0.1, 0.15) is 55.3 Å². The van der Waals surface area contributed by atoms with E-state index < -0.39 is 11.3 Å². The fourth-order valence-electron chi connectivity index (χ4n) is 3.48. The highest BCUT2D eigenvalue weighted by atomic mass is 19.3. The molecule has 0 saturated heterocycles. The average Bonchev–Trinajstić information content (AvgIpc) is 3.03. The Labute approximate surface area is 141 Å². The summed E-state index contributed by atoms with van der Waals surface area (Å²) in [6.45, 7) is 8.40. The maximum atomic E-state index is 14.3. The number of aromatic nitrogens is 5. The first-order valence-electron chi connectivity index (χ1n) is 8.49. The van der Waals surface area contributed by atoms with Crippen molar-refractivity contribution in [1.29, 1.82) is 0 Å². The number of rotatable bonds is 4. The molecule has 2 aromatic heterocycles. The normalized spacial score (nSPS) is 23.6. The molecule has 0 aliphatic heterocycles. The maximum Gasteiger partial charge on any atom is 0.255 e. The Morgan fingerprint density at radius 3 is 2.50 bits per heavy atom. The van der Waals surface area contributed by atoms with Crippen LogP contribution in [0, 0.1) is 26.2 Å². The molecule has 1 unspecified atom stereocenters. The Morgan fingerprint density at radius 2 is 1.88 bits per heavy atom. The highest BCUT2D eigenvalue weighted by molar-refractivity contribution is 5.22. The largest absolute Gasteiger partial charge is 0.263 e. The summed E-state index contributed by atoms with van der Waals surface area (Å²) in [5.41, 5.74) is 2.94. The van der Waals surface area contributed by atoms with E-state index >= 15 is 0 Å². The van der Waals surface area contributed by atoms with Gasteiger partial charge in [-0.15, -0.1) is 5.10 Å². The molecule has 1 atom stereocenters. The number of nitrogens with zero attached hydrogens (tertiary/aromatic N) is 5. The van der Waals surface area contributed by atoms with Crippen molar-refractivity contribution in [2.24, 2.45) is 5.41 Å². The van der Waals surface area contributed by atoms with Gasteiger partial charge in [-0.25, -0.2) is 8.78 Å². The second-order valence-electron chi connectivity index (χ2n) is 7.33. The van der Waals surface area contributed by atoms with E-state index in [1.807, 2.05) is 25.5 Å². The summed E-state index contributed by atoms with van der Waals surface area (Å²) in [5.74, 6) is -2.65. The second kappa shape index (κ2) is 5.93. The number of hydrogen-bond acceptors (Lipinski definition) is 3. The number of aryl methyl sites for hydroxylation is 1. The van der Waals surface area contributed by atoms with Crippen molar-refractivity contribution in [2.45, 2.75) is 72.4 Å². The number of hydrogen-bond donors (Lipinski definition) is 0. The average molecular weight is 337 g/mol. The SMILES string of the molecule is Cc1nn(Cc2cn(CC3(C)CCCCC3(F)F)nn2)c(C)c1C. The molecule has 1 fully saturated rings. The molecule has 0 bridgehead atoms. The highest BCUT2D eigenvalue weighted by Gasteiger charge is 2.51. The smallest absolute Gasteiger partial charge is 0.255 e. The van der Waals surface area contributed by atoms with Gasteiger partial charge in [0.1, 0.15) is 5.69 Å². The maximum absolute atomic E-state index is 14.3. The second-order valence-corrected chi connectivity index (χ2v) is 7.33. The molecular weight excluding hydrogens is 312 g/mol. The molecule has 0 amide bonds. The van der Waals surface area contributed by atoms with Gasteiger partial charge in [-0.2, -0.15) is 5.10 Å². The third kappa shape index (κ3) is 2.96. The zero-order chi connectivity index (χ0) is 17.5. The van der Waals surface area contributed by atoms with Crippen LogP contribution < -0.4 is 0 Å². The van der Waals surface area contributed by atoms with Gasteiger partial charge in [-0.1, -0.05) is 18.6 Å². The van der Waals surface area contributed by atoms with Gasteiger partial charge in [0.2, 0.25) is 0 Å². The number of alkyl halides is 2. The third-order valence-electron chi connectivity index (χ3n) is 5.50. The van der Waals surface area contributed by atoms with E-state index in [0.29, 0.717) is 19.4 Å². The van der Waals surface area contributed by atoms with Crippen molar-refractivity contribution in [3.63, 3.8) is 0 Å². The van der Waals surface area contributed by atoms with Crippen LogP contribution in [0.5, 0.6) is 0 Å². The Hall–Kier alpha value is -1.79. The third-order valence-corrected chi connectivity index (χ3v) is 5.50. The van der Waals surface area contributed by atoms with E-state index in [-0.39, 0.29) is 13.0 Å². The molecule has 1 aliphatic rings. The molecule has 0 radical (unpaired) electrons. The lowest BCUT2D eigenvalue weighted by atomic mass is 9.72. The molecule has 0 spiro atoms. The van der Waals surface area contributed by atoms with Crippen molar-refractivity contribution in [3.05, 3.63) is 28.8 Å². The minimum Gasteiger partial charge on any atom is -0.263 e. The van der Waals surface area contributed by atoms with Gasteiger partial charge in [0.15, 0.2) is 0 Å². The van der Waals surface area contributed by atoms with Crippen LogP contribution in [0.3, 0.4) is 0 Å². The lowest BCUT2D eigenvalue weighted by Gasteiger charge is -2.40. The Morgan fingerprint density at radius 1 is 1.17 bits per heavy atom. The summed E-state index contributed by atoms with van der Waals surface area (Å²) in [5, 5.41) is 12.7. The van der Waals surface area contributed by atoms with E-state index in [0.717, 1.165) is 29.1 Å². The summed E-state index contributed by atoms with van der Waals surface area (Å²) in [7, 11) is 0. The Kier molecular flexibility index (Phi) is 4.21. The van der Waals surface area contributed by atoms with Gasteiger partial charge in [0, 0.05) is 12.1 Å². The number of halogens is 2. The van der Waals surface area contributed by atoms with Crippen LogP contribution in [0.4, 0.5) is 8.78 Å². The minimum absolute atomic E-state index is 0.0317. The zero-order valence-electron chi connectivity index (χ0n) is 14.8. The first-order valence-corrected chi connectivity index (χ1v) is 8.49. The Balaban J connectivity index is 1.75. The van der Waals surface area contributed by atoms with E-state index in [2.05, 4.69) is 15.4 Å². The molecule has 1 saturated carbocycles. The van der Waals surface area contributed by atoms with Crippen LogP contribution in [-0.4, -0.2) is 30.7 Å². The van der Waals surface area contributed by atoms with Gasteiger partial charge in [-0.05, 0) is 39.2 Å². The van der Waals surface area contributed by atoms with Gasteiger partial charge in [-0.3, -0.25) is 9.36 Å². The van der Waals surface area contributed by atoms with E-state index in [1.54, 1.807) is 17.8 Å². The van der Waals surface area contributed by atoms with Gasteiger partial charge in [0.05, 0.1) is 30.4 Å². The quantitative estimate of drug-likeness (QED) is 0.855. The monoisotopic (exact) mass is 337 g/mol. The van der Waals surface area contributed by atoms with Crippen molar-refractivity contribution in [2.75, 3.05) is 0 Å². The molecule has 132 valence electrons. The fraction of sp³-hybridized carbons (Fsp3) is 0.706. The molecular formula is C17H25F2N5. The molecule has 3 rings (SSSR count). The lowest BCUT2D eigenvalue weighted by Crippen LogP contribution is -2.44. The summed E-state index contributed by atoms with van der Waals surface area (Å²) in [4.78, 5) is 0. The van der Waals surface area contributed by atoms with Crippen molar-refractivity contribution >= 4 is 0 Å². The highest BCUT2D eigenvalue weighted by Crippen LogP contribution is 2.48. The predicted molar refractivity (Wildman–Crippen MR) is 87.1 cm³/mol. The van der Waals surface area contributed by atoms with E-state index in [9.17, 15) is 8.78 Å². The zero-order valence-corrected chi connectivity index (χ0v) is 14.8. The summed E-state index contributed by atoms with van der Waals surface area (Å²) in [6.07, 6.45) is 3.70. The fourth-order valence-corrected chi connectivity index (χ4v) is 3.48. The summed E-state index contributed by atoms with van der Waals surface area (Å²) < 4.78 is 32.1. The van der Waals surface area contributed by atoms with Gasteiger partial charge >= 0.3 is 0 Å². The molecule has 2 aromatic rings. The Bertz CT molecular complexity index is 733.